The summed E-state index contributed by atoms with van der Waals surface area (Å²) in [7, 11) is 1.45. The maximum Gasteiger partial charge on any atom is 0.342 e. The zero-order chi connectivity index (χ0) is 12.1. The van der Waals surface area contributed by atoms with Crippen LogP contribution in [-0.4, -0.2) is 25.6 Å². The number of benzene rings is 1. The van der Waals surface area contributed by atoms with Crippen LogP contribution in [0.2, 0.25) is 0 Å². The maximum atomic E-state index is 11.6. The van der Waals surface area contributed by atoms with E-state index in [2.05, 4.69) is 0 Å². The van der Waals surface area contributed by atoms with Crippen molar-refractivity contribution in [3.8, 4) is 5.75 Å². The van der Waals surface area contributed by atoms with E-state index in [1.165, 1.54) is 7.11 Å². The Kier molecular flexibility index (Phi) is 3.88. The SMILES string of the molecule is COc1ccc(C)cc1C(=O)OCC(N)=O. The Balaban J connectivity index is 2.88. The molecule has 0 aromatic heterocycles. The summed E-state index contributed by atoms with van der Waals surface area (Å²) in [5, 5.41) is 0. The molecule has 2 N–H and O–H groups in total. The normalized spacial score (nSPS) is 9.62. The number of esters is 1. The van der Waals surface area contributed by atoms with Crippen LogP contribution in [0.5, 0.6) is 5.75 Å². The van der Waals surface area contributed by atoms with Crippen molar-refractivity contribution in [1.29, 1.82) is 0 Å². The van der Waals surface area contributed by atoms with Gasteiger partial charge in [-0.1, -0.05) is 11.6 Å². The summed E-state index contributed by atoms with van der Waals surface area (Å²) in [5.74, 6) is -0.917. The lowest BCUT2D eigenvalue weighted by molar-refractivity contribution is -0.121. The van der Waals surface area contributed by atoms with Crippen LogP contribution in [0.25, 0.3) is 0 Å². The number of amides is 1. The number of methoxy groups -OCH3 is 1. The van der Waals surface area contributed by atoms with Gasteiger partial charge in [-0.2, -0.15) is 0 Å². The third-order valence-electron chi connectivity index (χ3n) is 1.92. The van der Waals surface area contributed by atoms with Crippen LogP contribution < -0.4 is 10.5 Å². The quantitative estimate of drug-likeness (QED) is 0.760. The molecule has 0 aliphatic rings. The Morgan fingerprint density at radius 2 is 2.06 bits per heavy atom. The first-order valence-electron chi connectivity index (χ1n) is 4.64. The number of hydrogen-bond donors (Lipinski definition) is 1. The molecule has 0 aliphatic carbocycles. The van der Waals surface area contributed by atoms with Crippen molar-refractivity contribution >= 4 is 11.9 Å². The molecule has 5 heteroatoms. The molecule has 0 unspecified atom stereocenters. The Morgan fingerprint density at radius 1 is 1.38 bits per heavy atom. The highest BCUT2D eigenvalue weighted by Crippen LogP contribution is 2.20. The Bertz CT molecular complexity index is 414. The minimum Gasteiger partial charge on any atom is -0.496 e. The molecular formula is C11H13NO4. The molecule has 0 atom stereocenters. The largest absolute Gasteiger partial charge is 0.496 e. The van der Waals surface area contributed by atoms with E-state index >= 15 is 0 Å². The molecule has 0 saturated heterocycles. The molecular weight excluding hydrogens is 210 g/mol. The van der Waals surface area contributed by atoms with Gasteiger partial charge in [0.05, 0.1) is 7.11 Å². The zero-order valence-corrected chi connectivity index (χ0v) is 9.15. The summed E-state index contributed by atoms with van der Waals surface area (Å²) < 4.78 is 9.70. The van der Waals surface area contributed by atoms with Gasteiger partial charge in [0.1, 0.15) is 11.3 Å². The van der Waals surface area contributed by atoms with Gasteiger partial charge < -0.3 is 15.2 Å². The number of nitrogens with two attached hydrogens (primary N) is 1. The lowest BCUT2D eigenvalue weighted by atomic mass is 10.1. The fourth-order valence-corrected chi connectivity index (χ4v) is 1.20. The molecule has 0 aliphatic heterocycles. The van der Waals surface area contributed by atoms with Gasteiger partial charge in [-0.25, -0.2) is 4.79 Å². The Morgan fingerprint density at radius 3 is 2.62 bits per heavy atom. The van der Waals surface area contributed by atoms with E-state index < -0.39 is 18.5 Å². The first-order valence-corrected chi connectivity index (χ1v) is 4.64. The van der Waals surface area contributed by atoms with Crippen LogP contribution in [0.3, 0.4) is 0 Å². The van der Waals surface area contributed by atoms with Crippen molar-refractivity contribution in [2.24, 2.45) is 5.73 Å². The number of hydrogen-bond acceptors (Lipinski definition) is 4. The Hall–Kier alpha value is -2.04. The Labute approximate surface area is 93.1 Å². The van der Waals surface area contributed by atoms with E-state index in [1.807, 2.05) is 13.0 Å². The zero-order valence-electron chi connectivity index (χ0n) is 9.15. The summed E-state index contributed by atoms with van der Waals surface area (Å²) in [6.45, 7) is 1.40. The van der Waals surface area contributed by atoms with Gasteiger partial charge in [0, 0.05) is 0 Å². The fourth-order valence-electron chi connectivity index (χ4n) is 1.20. The summed E-state index contributed by atoms with van der Waals surface area (Å²) in [6.07, 6.45) is 0. The number of rotatable bonds is 4. The molecule has 86 valence electrons. The van der Waals surface area contributed by atoms with E-state index in [4.69, 9.17) is 15.2 Å². The standard InChI is InChI=1S/C11H13NO4/c1-7-3-4-9(15-2)8(5-7)11(14)16-6-10(12)13/h3-5H,6H2,1-2H3,(H2,12,13). The second-order valence-corrected chi connectivity index (χ2v) is 3.25. The van der Waals surface area contributed by atoms with Gasteiger partial charge in [-0.15, -0.1) is 0 Å². The van der Waals surface area contributed by atoms with Crippen molar-refractivity contribution in [3.63, 3.8) is 0 Å². The van der Waals surface area contributed by atoms with Crippen LogP contribution in [0.4, 0.5) is 0 Å². The molecule has 1 aromatic rings. The highest BCUT2D eigenvalue weighted by molar-refractivity contribution is 5.94. The molecule has 0 spiro atoms. The predicted molar refractivity (Wildman–Crippen MR) is 57.2 cm³/mol. The van der Waals surface area contributed by atoms with Crippen molar-refractivity contribution in [3.05, 3.63) is 29.3 Å². The molecule has 1 amide bonds. The first kappa shape index (κ1) is 12.0. The highest BCUT2D eigenvalue weighted by atomic mass is 16.5. The molecule has 0 radical (unpaired) electrons. The summed E-state index contributed by atoms with van der Waals surface area (Å²) >= 11 is 0. The smallest absolute Gasteiger partial charge is 0.342 e. The van der Waals surface area contributed by atoms with Crippen molar-refractivity contribution in [1.82, 2.24) is 0 Å². The summed E-state index contributed by atoms with van der Waals surface area (Å²) in [5.41, 5.74) is 6.05. The third kappa shape index (κ3) is 2.98. The first-order chi connectivity index (χ1) is 7.54. The van der Waals surface area contributed by atoms with Gasteiger partial charge in [-0.05, 0) is 19.1 Å². The average molecular weight is 223 g/mol. The van der Waals surface area contributed by atoms with Crippen LogP contribution in [0.1, 0.15) is 15.9 Å². The van der Waals surface area contributed by atoms with Gasteiger partial charge in [0.15, 0.2) is 6.61 Å². The van der Waals surface area contributed by atoms with Crippen LogP contribution in [0.15, 0.2) is 18.2 Å². The van der Waals surface area contributed by atoms with Crippen molar-refractivity contribution < 1.29 is 19.1 Å². The van der Waals surface area contributed by atoms with E-state index in [0.29, 0.717) is 5.75 Å². The van der Waals surface area contributed by atoms with E-state index in [9.17, 15) is 9.59 Å². The molecule has 0 saturated carbocycles. The van der Waals surface area contributed by atoms with Gasteiger partial charge in [-0.3, -0.25) is 4.79 Å². The average Bonchev–Trinajstić information content (AvgIpc) is 2.25. The highest BCUT2D eigenvalue weighted by Gasteiger charge is 2.14. The summed E-state index contributed by atoms with van der Waals surface area (Å²) in [4.78, 5) is 22.0. The number of primary amides is 1. The van der Waals surface area contributed by atoms with Gasteiger partial charge >= 0.3 is 5.97 Å². The van der Waals surface area contributed by atoms with Gasteiger partial charge in [0.25, 0.3) is 5.91 Å². The van der Waals surface area contributed by atoms with Crippen molar-refractivity contribution in [2.45, 2.75) is 6.92 Å². The van der Waals surface area contributed by atoms with Crippen LogP contribution in [0, 0.1) is 6.92 Å². The van der Waals surface area contributed by atoms with Crippen LogP contribution in [-0.2, 0) is 9.53 Å². The molecule has 1 rings (SSSR count). The molecule has 16 heavy (non-hydrogen) atoms. The second-order valence-electron chi connectivity index (χ2n) is 3.25. The number of carbonyl (C=O) groups is 2. The monoisotopic (exact) mass is 223 g/mol. The van der Waals surface area contributed by atoms with E-state index in [1.54, 1.807) is 12.1 Å². The molecule has 0 fully saturated rings. The summed E-state index contributed by atoms with van der Waals surface area (Å²) in [6, 6.07) is 5.10. The molecule has 1 aromatic carbocycles. The van der Waals surface area contributed by atoms with E-state index in [0.717, 1.165) is 5.56 Å². The number of ether oxygens (including phenoxy) is 2. The lowest BCUT2D eigenvalue weighted by Crippen LogP contribution is -2.21. The molecule has 5 nitrogen and oxygen atoms in total. The molecule has 0 heterocycles. The molecule has 0 bridgehead atoms. The van der Waals surface area contributed by atoms with E-state index in [-0.39, 0.29) is 5.56 Å². The van der Waals surface area contributed by atoms with Gasteiger partial charge in [0.2, 0.25) is 0 Å². The third-order valence-corrected chi connectivity index (χ3v) is 1.92. The lowest BCUT2D eigenvalue weighted by Gasteiger charge is -2.08. The maximum absolute atomic E-state index is 11.6. The predicted octanol–water partition coefficient (Wildman–Crippen LogP) is 0.646. The minimum absolute atomic E-state index is 0.281. The van der Waals surface area contributed by atoms with Crippen LogP contribution >= 0.6 is 0 Å². The van der Waals surface area contributed by atoms with Crippen molar-refractivity contribution in [2.75, 3.05) is 13.7 Å². The number of aryl methyl sites for hydroxylation is 1. The number of carbonyl (C=O) groups excluding carboxylic acids is 2. The fraction of sp³-hybridized carbons (Fsp3) is 0.273. The topological polar surface area (TPSA) is 78.6 Å². The second kappa shape index (κ2) is 5.16. The minimum atomic E-state index is -0.694.